The molecule has 0 saturated heterocycles. The Balaban J connectivity index is 2.38. The topological polar surface area (TPSA) is 95.1 Å². The standard InChI is InChI=1S/C13H16BrN3O3S/c1-8-11(14)5-10(7-18)6-12(8)21(19,20)17-9(2)13-15-3-4-16-13/h3-6,9,17-18H,7H2,1-2H3,(H,15,16). The molecule has 2 rings (SSSR count). The molecule has 1 unspecified atom stereocenters. The van der Waals surface area contributed by atoms with Crippen LogP contribution in [0.4, 0.5) is 0 Å². The first-order chi connectivity index (χ1) is 9.85. The van der Waals surface area contributed by atoms with E-state index in [1.54, 1.807) is 32.3 Å². The van der Waals surface area contributed by atoms with E-state index in [0.29, 0.717) is 21.4 Å². The van der Waals surface area contributed by atoms with Gasteiger partial charge in [0.15, 0.2) is 0 Å². The highest BCUT2D eigenvalue weighted by atomic mass is 79.9. The van der Waals surface area contributed by atoms with Crippen molar-refractivity contribution >= 4 is 26.0 Å². The smallest absolute Gasteiger partial charge is 0.241 e. The number of imidazole rings is 1. The van der Waals surface area contributed by atoms with Gasteiger partial charge in [-0.05, 0) is 37.1 Å². The Labute approximate surface area is 131 Å². The molecule has 0 aliphatic carbocycles. The number of aliphatic hydroxyl groups excluding tert-OH is 1. The third kappa shape index (κ3) is 3.52. The molecule has 0 spiro atoms. The predicted molar refractivity (Wildman–Crippen MR) is 82.1 cm³/mol. The largest absolute Gasteiger partial charge is 0.392 e. The van der Waals surface area contributed by atoms with Gasteiger partial charge in [0.2, 0.25) is 10.0 Å². The SMILES string of the molecule is Cc1c(Br)cc(CO)cc1S(=O)(=O)NC(C)c1ncc[nH]1. The first-order valence-electron chi connectivity index (χ1n) is 6.26. The number of rotatable bonds is 5. The summed E-state index contributed by atoms with van der Waals surface area (Å²) in [5.41, 5.74) is 1.12. The Hall–Kier alpha value is -1.22. The van der Waals surface area contributed by atoms with Gasteiger partial charge in [-0.2, -0.15) is 0 Å². The number of hydrogen-bond donors (Lipinski definition) is 3. The number of H-pyrrole nitrogens is 1. The fraction of sp³-hybridized carbons (Fsp3) is 0.308. The minimum Gasteiger partial charge on any atom is -0.392 e. The summed E-state index contributed by atoms with van der Waals surface area (Å²) >= 11 is 3.31. The van der Waals surface area contributed by atoms with Gasteiger partial charge < -0.3 is 10.1 Å². The average Bonchev–Trinajstić information content (AvgIpc) is 2.95. The van der Waals surface area contributed by atoms with Crippen LogP contribution in [-0.4, -0.2) is 23.5 Å². The van der Waals surface area contributed by atoms with Crippen molar-refractivity contribution < 1.29 is 13.5 Å². The van der Waals surface area contributed by atoms with Crippen LogP contribution in [0.5, 0.6) is 0 Å². The second-order valence-corrected chi connectivity index (χ2v) is 7.21. The molecular formula is C13H16BrN3O3S. The molecule has 1 aromatic carbocycles. The normalized spacial score (nSPS) is 13.3. The van der Waals surface area contributed by atoms with E-state index >= 15 is 0 Å². The summed E-state index contributed by atoms with van der Waals surface area (Å²) in [5, 5.41) is 9.22. The van der Waals surface area contributed by atoms with Crippen LogP contribution in [0.3, 0.4) is 0 Å². The van der Waals surface area contributed by atoms with Gasteiger partial charge in [-0.15, -0.1) is 0 Å². The van der Waals surface area contributed by atoms with Crippen LogP contribution in [0, 0.1) is 6.92 Å². The van der Waals surface area contributed by atoms with Crippen molar-refractivity contribution in [3.8, 4) is 0 Å². The van der Waals surface area contributed by atoms with Gasteiger partial charge in [-0.25, -0.2) is 18.1 Å². The minimum atomic E-state index is -3.72. The number of benzene rings is 1. The number of nitrogens with one attached hydrogen (secondary N) is 2. The molecule has 21 heavy (non-hydrogen) atoms. The Bertz CT molecular complexity index is 729. The molecule has 0 saturated carbocycles. The zero-order chi connectivity index (χ0) is 15.6. The number of hydrogen-bond acceptors (Lipinski definition) is 4. The molecule has 0 bridgehead atoms. The van der Waals surface area contributed by atoms with E-state index in [1.807, 2.05) is 0 Å². The number of aromatic amines is 1. The van der Waals surface area contributed by atoms with Crippen molar-refractivity contribution in [2.24, 2.45) is 0 Å². The predicted octanol–water partition coefficient (Wildman–Crippen LogP) is 2.01. The van der Waals surface area contributed by atoms with Crippen molar-refractivity contribution in [3.05, 3.63) is 46.0 Å². The van der Waals surface area contributed by atoms with Crippen LogP contribution in [0.1, 0.15) is 29.9 Å². The monoisotopic (exact) mass is 373 g/mol. The summed E-state index contributed by atoms with van der Waals surface area (Å²) in [6.45, 7) is 3.18. The maximum Gasteiger partial charge on any atom is 0.241 e. The summed E-state index contributed by atoms with van der Waals surface area (Å²) in [6.07, 6.45) is 3.20. The number of nitrogens with zero attached hydrogens (tertiary/aromatic N) is 1. The highest BCUT2D eigenvalue weighted by Crippen LogP contribution is 2.26. The molecule has 1 atom stereocenters. The molecule has 0 radical (unpaired) electrons. The van der Waals surface area contributed by atoms with Crippen LogP contribution < -0.4 is 4.72 Å². The van der Waals surface area contributed by atoms with Gasteiger partial charge in [0.05, 0.1) is 17.5 Å². The lowest BCUT2D eigenvalue weighted by Gasteiger charge is -2.15. The van der Waals surface area contributed by atoms with Gasteiger partial charge in [-0.1, -0.05) is 15.9 Å². The van der Waals surface area contributed by atoms with E-state index in [0.717, 1.165) is 0 Å². The fourth-order valence-electron chi connectivity index (χ4n) is 1.94. The van der Waals surface area contributed by atoms with Crippen LogP contribution in [0.15, 0.2) is 33.9 Å². The summed E-state index contributed by atoms with van der Waals surface area (Å²) in [5.74, 6) is 0.536. The number of sulfonamides is 1. The van der Waals surface area contributed by atoms with Gasteiger partial charge in [0.1, 0.15) is 5.82 Å². The van der Waals surface area contributed by atoms with Crippen LogP contribution in [0.25, 0.3) is 0 Å². The molecule has 0 aliphatic heterocycles. The molecule has 0 fully saturated rings. The van der Waals surface area contributed by atoms with Crippen molar-refractivity contribution in [1.82, 2.24) is 14.7 Å². The first-order valence-corrected chi connectivity index (χ1v) is 8.54. The Morgan fingerprint density at radius 2 is 2.19 bits per heavy atom. The third-order valence-corrected chi connectivity index (χ3v) is 5.58. The van der Waals surface area contributed by atoms with Crippen LogP contribution >= 0.6 is 15.9 Å². The van der Waals surface area contributed by atoms with Crippen molar-refractivity contribution in [3.63, 3.8) is 0 Å². The van der Waals surface area contributed by atoms with Crippen molar-refractivity contribution in [1.29, 1.82) is 0 Å². The molecule has 1 heterocycles. The molecule has 3 N–H and O–H groups in total. The fourth-order valence-corrected chi connectivity index (χ4v) is 4.11. The molecule has 6 nitrogen and oxygen atoms in total. The molecule has 8 heteroatoms. The highest BCUT2D eigenvalue weighted by Gasteiger charge is 2.23. The Morgan fingerprint density at radius 1 is 1.48 bits per heavy atom. The number of halogens is 1. The summed E-state index contributed by atoms with van der Waals surface area (Å²) in [6, 6.07) is 2.68. The lowest BCUT2D eigenvalue weighted by molar-refractivity contribution is 0.281. The summed E-state index contributed by atoms with van der Waals surface area (Å²) < 4.78 is 28.3. The second kappa shape index (κ2) is 6.27. The Morgan fingerprint density at radius 3 is 2.76 bits per heavy atom. The van der Waals surface area contributed by atoms with E-state index in [2.05, 4.69) is 30.6 Å². The second-order valence-electron chi connectivity index (χ2n) is 4.68. The van der Waals surface area contributed by atoms with E-state index in [9.17, 15) is 13.5 Å². The zero-order valence-corrected chi connectivity index (χ0v) is 14.0. The molecule has 2 aromatic rings. The third-order valence-electron chi connectivity index (χ3n) is 3.09. The lowest BCUT2D eigenvalue weighted by Crippen LogP contribution is -2.28. The zero-order valence-electron chi connectivity index (χ0n) is 11.6. The first kappa shape index (κ1) is 16.2. The van der Waals surface area contributed by atoms with E-state index in [-0.39, 0.29) is 11.5 Å². The van der Waals surface area contributed by atoms with Crippen LogP contribution in [0.2, 0.25) is 0 Å². The number of aromatic nitrogens is 2. The van der Waals surface area contributed by atoms with Crippen molar-refractivity contribution in [2.75, 3.05) is 0 Å². The van der Waals surface area contributed by atoms with Gasteiger partial charge in [0, 0.05) is 16.9 Å². The molecule has 114 valence electrons. The molecule has 0 amide bonds. The van der Waals surface area contributed by atoms with E-state index in [4.69, 9.17) is 0 Å². The van der Waals surface area contributed by atoms with Crippen LogP contribution in [-0.2, 0) is 16.6 Å². The van der Waals surface area contributed by atoms with Gasteiger partial charge in [-0.3, -0.25) is 0 Å². The molecular weight excluding hydrogens is 358 g/mol. The van der Waals surface area contributed by atoms with Gasteiger partial charge >= 0.3 is 0 Å². The van der Waals surface area contributed by atoms with E-state index in [1.165, 1.54) is 6.07 Å². The summed E-state index contributed by atoms with van der Waals surface area (Å²) in [4.78, 5) is 7.05. The van der Waals surface area contributed by atoms with E-state index < -0.39 is 16.1 Å². The minimum absolute atomic E-state index is 0.138. The quantitative estimate of drug-likeness (QED) is 0.746. The number of aliphatic hydroxyl groups is 1. The molecule has 1 aromatic heterocycles. The maximum atomic E-state index is 12.5. The maximum absolute atomic E-state index is 12.5. The Kier molecular flexibility index (Phi) is 4.82. The lowest BCUT2D eigenvalue weighted by atomic mass is 10.2. The summed E-state index contributed by atoms with van der Waals surface area (Å²) in [7, 11) is -3.72. The average molecular weight is 374 g/mol. The highest BCUT2D eigenvalue weighted by molar-refractivity contribution is 9.10. The van der Waals surface area contributed by atoms with Gasteiger partial charge in [0.25, 0.3) is 0 Å². The molecule has 0 aliphatic rings. The van der Waals surface area contributed by atoms with Crippen molar-refractivity contribution in [2.45, 2.75) is 31.4 Å².